The van der Waals surface area contributed by atoms with Crippen LogP contribution in [0.3, 0.4) is 0 Å². The van der Waals surface area contributed by atoms with Gasteiger partial charge in [0.2, 0.25) is 0 Å². The average Bonchev–Trinajstić information content (AvgIpc) is 2.86. The summed E-state index contributed by atoms with van der Waals surface area (Å²) in [4.78, 5) is 17.8. The van der Waals surface area contributed by atoms with Gasteiger partial charge in [-0.05, 0) is 6.92 Å². The lowest BCUT2D eigenvalue weighted by atomic mass is 10.3. The number of thiazole rings is 1. The number of hydrogen-bond acceptors (Lipinski definition) is 5. The first-order chi connectivity index (χ1) is 8.08. The minimum Gasteiger partial charge on any atom is -0.396 e. The van der Waals surface area contributed by atoms with Crippen LogP contribution >= 0.6 is 11.3 Å². The summed E-state index contributed by atoms with van der Waals surface area (Å²) in [6.45, 7) is 2.39. The van der Waals surface area contributed by atoms with Crippen molar-refractivity contribution in [2.75, 3.05) is 12.8 Å². The van der Waals surface area contributed by atoms with E-state index in [-0.39, 0.29) is 5.91 Å². The summed E-state index contributed by atoms with van der Waals surface area (Å²) in [6.07, 6.45) is 1.42. The number of aromatic nitrogens is 3. The van der Waals surface area contributed by atoms with E-state index in [4.69, 9.17) is 5.73 Å². The summed E-state index contributed by atoms with van der Waals surface area (Å²) in [5.41, 5.74) is 7.17. The monoisotopic (exact) mass is 251 g/mol. The van der Waals surface area contributed by atoms with Crippen molar-refractivity contribution in [3.63, 3.8) is 0 Å². The van der Waals surface area contributed by atoms with E-state index in [1.165, 1.54) is 6.20 Å². The maximum absolute atomic E-state index is 12.0. The van der Waals surface area contributed by atoms with E-state index in [2.05, 4.69) is 15.2 Å². The molecule has 0 spiro atoms. The zero-order valence-corrected chi connectivity index (χ0v) is 10.4. The number of hydrogen-bond donors (Lipinski definition) is 2. The third-order valence-corrected chi connectivity index (χ3v) is 3.12. The zero-order chi connectivity index (χ0) is 12.4. The predicted molar refractivity (Wildman–Crippen MR) is 65.6 cm³/mol. The highest BCUT2D eigenvalue weighted by atomic mass is 32.1. The quantitative estimate of drug-likeness (QED) is 0.852. The molecule has 3 N–H and O–H groups in total. The molecular formula is C10H13N5OS. The molecular weight excluding hydrogens is 238 g/mol. The fraction of sp³-hybridized carbons (Fsp3) is 0.300. The van der Waals surface area contributed by atoms with Gasteiger partial charge in [-0.1, -0.05) is 0 Å². The number of nitrogens with one attached hydrogen (secondary N) is 1. The molecule has 2 aromatic rings. The number of nitrogen functional groups attached to an aromatic ring is 1. The number of rotatable bonds is 3. The van der Waals surface area contributed by atoms with E-state index in [1.807, 2.05) is 12.3 Å². The Hall–Kier alpha value is -1.89. The van der Waals surface area contributed by atoms with Gasteiger partial charge in [0.1, 0.15) is 5.69 Å². The number of amides is 1. The standard InChI is InChI=1S/C10H13N5OS/c1-6-13-7(5-17-6)4-15(2)10(16)9-8(11)3-12-14-9/h3,5H,4,11H2,1-2H3,(H,12,14). The lowest BCUT2D eigenvalue weighted by Gasteiger charge is -2.14. The van der Waals surface area contributed by atoms with Crippen molar-refractivity contribution in [3.8, 4) is 0 Å². The number of anilines is 1. The Balaban J connectivity index is 2.08. The van der Waals surface area contributed by atoms with Crippen molar-refractivity contribution in [2.45, 2.75) is 13.5 Å². The Bertz CT molecular complexity index is 532. The normalized spacial score (nSPS) is 10.5. The Morgan fingerprint density at radius 2 is 2.41 bits per heavy atom. The molecule has 0 aromatic carbocycles. The molecule has 0 saturated heterocycles. The summed E-state index contributed by atoms with van der Waals surface area (Å²) in [6, 6.07) is 0. The second-order valence-electron chi connectivity index (χ2n) is 3.72. The first-order valence-electron chi connectivity index (χ1n) is 5.03. The SMILES string of the molecule is Cc1nc(CN(C)C(=O)c2[nH]ncc2N)cs1. The van der Waals surface area contributed by atoms with Gasteiger partial charge in [0.05, 0.1) is 29.1 Å². The second kappa shape index (κ2) is 4.54. The highest BCUT2D eigenvalue weighted by molar-refractivity contribution is 7.09. The first kappa shape index (κ1) is 11.6. The van der Waals surface area contributed by atoms with Gasteiger partial charge in [-0.15, -0.1) is 11.3 Å². The molecule has 2 rings (SSSR count). The third kappa shape index (κ3) is 2.44. The van der Waals surface area contributed by atoms with Gasteiger partial charge in [0, 0.05) is 12.4 Å². The maximum atomic E-state index is 12.0. The molecule has 2 aromatic heterocycles. The van der Waals surface area contributed by atoms with Crippen LogP contribution < -0.4 is 5.73 Å². The molecule has 6 nitrogen and oxygen atoms in total. The van der Waals surface area contributed by atoms with Gasteiger partial charge in [-0.2, -0.15) is 5.10 Å². The van der Waals surface area contributed by atoms with E-state index < -0.39 is 0 Å². The van der Waals surface area contributed by atoms with Gasteiger partial charge in [0.15, 0.2) is 0 Å². The van der Waals surface area contributed by atoms with Crippen LogP contribution in [0, 0.1) is 6.92 Å². The van der Waals surface area contributed by atoms with Crippen LogP contribution in [0.15, 0.2) is 11.6 Å². The zero-order valence-electron chi connectivity index (χ0n) is 9.60. The Morgan fingerprint density at radius 3 is 2.94 bits per heavy atom. The Labute approximate surface area is 102 Å². The number of nitrogens with two attached hydrogens (primary N) is 1. The van der Waals surface area contributed by atoms with Crippen LogP contribution in [-0.4, -0.2) is 33.0 Å². The minimum atomic E-state index is -0.189. The van der Waals surface area contributed by atoms with Gasteiger partial charge in [-0.25, -0.2) is 4.98 Å². The van der Waals surface area contributed by atoms with Crippen LogP contribution in [0.2, 0.25) is 0 Å². The second-order valence-corrected chi connectivity index (χ2v) is 4.78. The minimum absolute atomic E-state index is 0.189. The molecule has 7 heteroatoms. The summed E-state index contributed by atoms with van der Waals surface area (Å²) in [5.74, 6) is -0.189. The maximum Gasteiger partial charge on any atom is 0.274 e. The molecule has 17 heavy (non-hydrogen) atoms. The van der Waals surface area contributed by atoms with Gasteiger partial charge >= 0.3 is 0 Å². The van der Waals surface area contributed by atoms with E-state index in [0.717, 1.165) is 10.7 Å². The highest BCUT2D eigenvalue weighted by Crippen LogP contribution is 2.13. The number of H-pyrrole nitrogens is 1. The van der Waals surface area contributed by atoms with Crippen LogP contribution in [-0.2, 0) is 6.54 Å². The van der Waals surface area contributed by atoms with E-state index in [9.17, 15) is 4.79 Å². The third-order valence-electron chi connectivity index (χ3n) is 2.29. The molecule has 90 valence electrons. The number of nitrogens with zero attached hydrogens (tertiary/aromatic N) is 3. The Morgan fingerprint density at radius 1 is 1.65 bits per heavy atom. The smallest absolute Gasteiger partial charge is 0.274 e. The van der Waals surface area contributed by atoms with Crippen molar-refractivity contribution in [1.29, 1.82) is 0 Å². The fourth-order valence-electron chi connectivity index (χ4n) is 1.45. The van der Waals surface area contributed by atoms with Crippen LogP contribution in [0.5, 0.6) is 0 Å². The summed E-state index contributed by atoms with van der Waals surface area (Å²) < 4.78 is 0. The summed E-state index contributed by atoms with van der Waals surface area (Å²) in [7, 11) is 1.71. The van der Waals surface area contributed by atoms with Gasteiger partial charge < -0.3 is 10.6 Å². The van der Waals surface area contributed by atoms with Crippen molar-refractivity contribution in [2.24, 2.45) is 0 Å². The number of aryl methyl sites for hydroxylation is 1. The topological polar surface area (TPSA) is 87.9 Å². The molecule has 0 bridgehead atoms. The molecule has 0 unspecified atom stereocenters. The van der Waals surface area contributed by atoms with Gasteiger partial charge in [0.25, 0.3) is 5.91 Å². The first-order valence-corrected chi connectivity index (χ1v) is 5.91. The molecule has 0 aliphatic carbocycles. The average molecular weight is 251 g/mol. The largest absolute Gasteiger partial charge is 0.396 e. The van der Waals surface area contributed by atoms with Gasteiger partial charge in [-0.3, -0.25) is 9.89 Å². The number of aromatic amines is 1. The lowest BCUT2D eigenvalue weighted by Crippen LogP contribution is -2.27. The van der Waals surface area contributed by atoms with Crippen LogP contribution in [0.25, 0.3) is 0 Å². The number of carbonyl (C=O) groups is 1. The highest BCUT2D eigenvalue weighted by Gasteiger charge is 2.17. The molecule has 0 aliphatic rings. The molecule has 2 heterocycles. The van der Waals surface area contributed by atoms with E-state index >= 15 is 0 Å². The Kier molecular flexibility index (Phi) is 3.10. The molecule has 1 amide bonds. The van der Waals surface area contributed by atoms with E-state index in [1.54, 1.807) is 23.3 Å². The van der Waals surface area contributed by atoms with Crippen LogP contribution in [0.1, 0.15) is 21.2 Å². The molecule has 0 atom stereocenters. The van der Waals surface area contributed by atoms with Crippen LogP contribution in [0.4, 0.5) is 5.69 Å². The van der Waals surface area contributed by atoms with E-state index in [0.29, 0.717) is 17.9 Å². The van der Waals surface area contributed by atoms with Crippen molar-refractivity contribution >= 4 is 22.9 Å². The molecule has 0 radical (unpaired) electrons. The molecule has 0 fully saturated rings. The van der Waals surface area contributed by atoms with Crippen molar-refractivity contribution in [3.05, 3.63) is 28.0 Å². The number of carbonyl (C=O) groups excluding carboxylic acids is 1. The fourth-order valence-corrected chi connectivity index (χ4v) is 2.06. The summed E-state index contributed by atoms with van der Waals surface area (Å²) >= 11 is 1.56. The lowest BCUT2D eigenvalue weighted by molar-refractivity contribution is 0.0779. The predicted octanol–water partition coefficient (Wildman–Crippen LogP) is 1.03. The summed E-state index contributed by atoms with van der Waals surface area (Å²) in [5, 5.41) is 9.25. The molecule has 0 aliphatic heterocycles. The van der Waals surface area contributed by atoms with Crippen molar-refractivity contribution < 1.29 is 4.79 Å². The van der Waals surface area contributed by atoms with Crippen molar-refractivity contribution in [1.82, 2.24) is 20.1 Å². The molecule has 0 saturated carbocycles.